The van der Waals surface area contributed by atoms with Crippen LogP contribution in [-0.4, -0.2) is 23.5 Å². The lowest BCUT2D eigenvalue weighted by atomic mass is 10.5. The molecule has 0 spiro atoms. The highest BCUT2D eigenvalue weighted by molar-refractivity contribution is 6.32. The Labute approximate surface area is 62.5 Å². The number of rotatable bonds is 2. The van der Waals surface area contributed by atoms with Crippen LogP contribution in [-0.2, 0) is 9.59 Å². The number of amides is 1. The van der Waals surface area contributed by atoms with Crippen LogP contribution < -0.4 is 5.32 Å². The first-order chi connectivity index (χ1) is 4.54. The van der Waals surface area contributed by atoms with E-state index in [-0.39, 0.29) is 11.6 Å². The van der Waals surface area contributed by atoms with Crippen molar-refractivity contribution >= 4 is 23.5 Å². The van der Waals surface area contributed by atoms with E-state index >= 15 is 0 Å². The highest BCUT2D eigenvalue weighted by Gasteiger charge is 2.08. The minimum atomic E-state index is -1.53. The van der Waals surface area contributed by atoms with E-state index in [2.05, 4.69) is 6.58 Å². The van der Waals surface area contributed by atoms with Gasteiger partial charge in [0.2, 0.25) is 0 Å². The zero-order valence-electron chi connectivity index (χ0n) is 5.06. The number of nitrogens with one attached hydrogen (secondary N) is 1. The van der Waals surface area contributed by atoms with Crippen molar-refractivity contribution in [1.29, 1.82) is 0 Å². The first kappa shape index (κ1) is 8.97. The molecular formula is C5H6ClNO3. The molecule has 0 bridgehead atoms. The lowest BCUT2D eigenvalue weighted by molar-refractivity contribution is -0.150. The summed E-state index contributed by atoms with van der Waals surface area (Å²) in [5.74, 6) is -2.61. The molecule has 56 valence electrons. The molecule has 0 rings (SSSR count). The predicted octanol–water partition coefficient (Wildman–Crippen LogP) is -0.0603. The fourth-order valence-electron chi connectivity index (χ4n) is 0.252. The number of aliphatic carboxylic acids is 1. The van der Waals surface area contributed by atoms with E-state index in [0.717, 1.165) is 0 Å². The molecule has 0 saturated carbocycles. The van der Waals surface area contributed by atoms with Crippen molar-refractivity contribution in [2.45, 2.75) is 0 Å². The molecule has 0 radical (unpaired) electrons. The van der Waals surface area contributed by atoms with Gasteiger partial charge >= 0.3 is 11.9 Å². The van der Waals surface area contributed by atoms with E-state index in [4.69, 9.17) is 16.7 Å². The van der Waals surface area contributed by atoms with Crippen LogP contribution in [0.15, 0.2) is 11.6 Å². The van der Waals surface area contributed by atoms with Gasteiger partial charge in [0, 0.05) is 5.03 Å². The molecule has 0 saturated heterocycles. The minimum absolute atomic E-state index is 0.0211. The highest BCUT2D eigenvalue weighted by Crippen LogP contribution is 1.91. The molecule has 0 aromatic rings. The first-order valence-corrected chi connectivity index (χ1v) is 2.76. The van der Waals surface area contributed by atoms with Crippen molar-refractivity contribution in [3.63, 3.8) is 0 Å². The van der Waals surface area contributed by atoms with Crippen LogP contribution in [0.1, 0.15) is 0 Å². The molecule has 0 aliphatic carbocycles. The number of hydrogen-bond donors (Lipinski definition) is 2. The average molecular weight is 164 g/mol. The molecule has 0 aliphatic heterocycles. The number of carbonyl (C=O) groups excluding carboxylic acids is 1. The summed E-state index contributed by atoms with van der Waals surface area (Å²) in [5.41, 5.74) is 0. The maximum atomic E-state index is 10.2. The van der Waals surface area contributed by atoms with E-state index in [1.807, 2.05) is 5.32 Å². The second-order valence-electron chi connectivity index (χ2n) is 1.51. The molecule has 0 aromatic heterocycles. The Hall–Kier alpha value is -1.03. The second-order valence-corrected chi connectivity index (χ2v) is 2.04. The van der Waals surface area contributed by atoms with Gasteiger partial charge in [-0.1, -0.05) is 18.2 Å². The van der Waals surface area contributed by atoms with E-state index in [9.17, 15) is 9.59 Å². The SMILES string of the molecule is C=C(Cl)CNC(=O)C(=O)O. The standard InChI is InChI=1S/C5H6ClNO3/c1-3(6)2-7-4(8)5(9)10/h1-2H2,(H,7,8)(H,9,10). The van der Waals surface area contributed by atoms with Crippen LogP contribution in [0.4, 0.5) is 0 Å². The summed E-state index contributed by atoms with van der Waals surface area (Å²) in [6.07, 6.45) is 0. The van der Waals surface area contributed by atoms with Crippen LogP contribution in [0.25, 0.3) is 0 Å². The fourth-order valence-corrected chi connectivity index (χ4v) is 0.319. The topological polar surface area (TPSA) is 66.4 Å². The summed E-state index contributed by atoms with van der Waals surface area (Å²) in [7, 11) is 0. The number of carboxylic acid groups (broad SMARTS) is 1. The van der Waals surface area contributed by atoms with E-state index < -0.39 is 11.9 Å². The molecule has 0 unspecified atom stereocenters. The monoisotopic (exact) mass is 163 g/mol. The normalized spacial score (nSPS) is 8.50. The molecule has 4 nitrogen and oxygen atoms in total. The molecule has 5 heteroatoms. The quantitative estimate of drug-likeness (QED) is 0.561. The van der Waals surface area contributed by atoms with Gasteiger partial charge in [0.05, 0.1) is 6.54 Å². The maximum Gasteiger partial charge on any atom is 0.394 e. The summed E-state index contributed by atoms with van der Waals surface area (Å²) in [6, 6.07) is 0. The minimum Gasteiger partial charge on any atom is -0.474 e. The average Bonchev–Trinajstić information content (AvgIpc) is 1.82. The summed E-state index contributed by atoms with van der Waals surface area (Å²) in [6.45, 7) is 3.22. The van der Waals surface area contributed by atoms with E-state index in [0.29, 0.717) is 0 Å². The third kappa shape index (κ3) is 3.91. The van der Waals surface area contributed by atoms with Crippen LogP contribution in [0.5, 0.6) is 0 Å². The molecule has 2 N–H and O–H groups in total. The Morgan fingerprint density at radius 3 is 2.40 bits per heavy atom. The van der Waals surface area contributed by atoms with Crippen LogP contribution >= 0.6 is 11.6 Å². The van der Waals surface area contributed by atoms with E-state index in [1.54, 1.807) is 0 Å². The first-order valence-electron chi connectivity index (χ1n) is 2.38. The Morgan fingerprint density at radius 2 is 2.10 bits per heavy atom. The van der Waals surface area contributed by atoms with Gasteiger partial charge in [-0.2, -0.15) is 0 Å². The van der Waals surface area contributed by atoms with Gasteiger partial charge in [-0.05, 0) is 0 Å². The molecule has 0 aliphatic rings. The molecule has 0 heterocycles. The number of carboxylic acids is 1. The Kier molecular flexibility index (Phi) is 3.49. The zero-order valence-corrected chi connectivity index (χ0v) is 5.81. The van der Waals surface area contributed by atoms with Crippen LogP contribution in [0.2, 0.25) is 0 Å². The number of carbonyl (C=O) groups is 2. The molecule has 0 fully saturated rings. The lowest BCUT2D eigenvalue weighted by Crippen LogP contribution is -2.31. The van der Waals surface area contributed by atoms with Gasteiger partial charge in [-0.25, -0.2) is 4.79 Å². The number of halogens is 1. The molecular weight excluding hydrogens is 158 g/mol. The van der Waals surface area contributed by atoms with Crippen molar-refractivity contribution in [2.24, 2.45) is 0 Å². The third-order valence-corrected chi connectivity index (χ3v) is 0.769. The van der Waals surface area contributed by atoms with Crippen molar-refractivity contribution in [1.82, 2.24) is 5.32 Å². The predicted molar refractivity (Wildman–Crippen MR) is 35.6 cm³/mol. The molecule has 1 amide bonds. The van der Waals surface area contributed by atoms with E-state index in [1.165, 1.54) is 0 Å². The van der Waals surface area contributed by atoms with Gasteiger partial charge in [0.25, 0.3) is 0 Å². The fraction of sp³-hybridized carbons (Fsp3) is 0.200. The molecule has 10 heavy (non-hydrogen) atoms. The Bertz CT molecular complexity index is 178. The van der Waals surface area contributed by atoms with Crippen molar-refractivity contribution in [3.05, 3.63) is 11.6 Å². The largest absolute Gasteiger partial charge is 0.474 e. The zero-order chi connectivity index (χ0) is 8.15. The van der Waals surface area contributed by atoms with Crippen LogP contribution in [0.3, 0.4) is 0 Å². The Morgan fingerprint density at radius 1 is 1.60 bits per heavy atom. The third-order valence-electron chi connectivity index (χ3n) is 0.635. The summed E-state index contributed by atoms with van der Waals surface area (Å²) < 4.78 is 0. The van der Waals surface area contributed by atoms with Gasteiger partial charge in [-0.15, -0.1) is 0 Å². The second kappa shape index (κ2) is 3.90. The number of hydrogen-bond acceptors (Lipinski definition) is 2. The summed E-state index contributed by atoms with van der Waals surface area (Å²) >= 11 is 5.22. The molecule has 0 aromatic carbocycles. The summed E-state index contributed by atoms with van der Waals surface area (Å²) in [4.78, 5) is 20.1. The highest BCUT2D eigenvalue weighted by atomic mass is 35.5. The smallest absolute Gasteiger partial charge is 0.394 e. The Balaban J connectivity index is 3.60. The van der Waals surface area contributed by atoms with Gasteiger partial charge in [0.1, 0.15) is 0 Å². The van der Waals surface area contributed by atoms with Gasteiger partial charge in [-0.3, -0.25) is 4.79 Å². The van der Waals surface area contributed by atoms with Crippen LogP contribution in [0, 0.1) is 0 Å². The van der Waals surface area contributed by atoms with Crippen molar-refractivity contribution in [2.75, 3.05) is 6.54 Å². The van der Waals surface area contributed by atoms with Gasteiger partial charge in [0.15, 0.2) is 0 Å². The summed E-state index contributed by atoms with van der Waals surface area (Å²) in [5, 5.41) is 10.2. The van der Waals surface area contributed by atoms with Crippen molar-refractivity contribution < 1.29 is 14.7 Å². The molecule has 0 atom stereocenters. The van der Waals surface area contributed by atoms with Gasteiger partial charge < -0.3 is 10.4 Å². The lowest BCUT2D eigenvalue weighted by Gasteiger charge is -1.96. The maximum absolute atomic E-state index is 10.2. The van der Waals surface area contributed by atoms with Crippen molar-refractivity contribution in [3.8, 4) is 0 Å².